The van der Waals surface area contributed by atoms with Crippen molar-refractivity contribution in [2.24, 2.45) is 17.8 Å². The Hall–Kier alpha value is -1.84. The maximum absolute atomic E-state index is 12.1. The van der Waals surface area contributed by atoms with Crippen molar-refractivity contribution in [3.8, 4) is 0 Å². The summed E-state index contributed by atoms with van der Waals surface area (Å²) in [5, 5.41) is 11.4. The van der Waals surface area contributed by atoms with E-state index in [-0.39, 0.29) is 5.91 Å². The van der Waals surface area contributed by atoms with Gasteiger partial charge < -0.3 is 10.4 Å². The number of benzene rings is 1. The second-order valence-corrected chi connectivity index (χ2v) is 8.31. The molecule has 4 fully saturated rings. The lowest BCUT2D eigenvalue weighted by Crippen LogP contribution is -2.48. The van der Waals surface area contributed by atoms with Crippen LogP contribution in [0.5, 0.6) is 0 Å². The molecule has 4 heteroatoms. The normalized spacial score (nSPS) is 34.8. The van der Waals surface area contributed by atoms with Gasteiger partial charge in [0.25, 0.3) is 5.91 Å². The first-order valence-corrected chi connectivity index (χ1v) is 9.09. The first-order valence-electron chi connectivity index (χ1n) is 9.09. The molecule has 4 nitrogen and oxygen atoms in total. The number of amides is 1. The van der Waals surface area contributed by atoms with Crippen LogP contribution < -0.4 is 5.32 Å². The smallest absolute Gasteiger partial charge is 0.325 e. The van der Waals surface area contributed by atoms with Crippen molar-refractivity contribution in [3.63, 3.8) is 0 Å². The number of carbonyl (C=O) groups excluding carboxylic acids is 1. The van der Waals surface area contributed by atoms with Crippen LogP contribution in [-0.4, -0.2) is 23.0 Å². The molecule has 1 atom stereocenters. The minimum absolute atomic E-state index is 0.318. The molecule has 4 aliphatic carbocycles. The van der Waals surface area contributed by atoms with Gasteiger partial charge in [-0.05, 0) is 86.3 Å². The topological polar surface area (TPSA) is 66.4 Å². The van der Waals surface area contributed by atoms with E-state index >= 15 is 0 Å². The number of rotatable bonds is 4. The van der Waals surface area contributed by atoms with Crippen molar-refractivity contribution >= 4 is 11.9 Å². The van der Waals surface area contributed by atoms with E-state index in [1.807, 2.05) is 12.1 Å². The average molecular weight is 327 g/mol. The Labute approximate surface area is 142 Å². The monoisotopic (exact) mass is 327 g/mol. The molecule has 0 aromatic heterocycles. The molecule has 0 heterocycles. The van der Waals surface area contributed by atoms with E-state index < -0.39 is 12.0 Å². The third-order valence-corrected chi connectivity index (χ3v) is 6.52. The molecule has 2 N–H and O–H groups in total. The van der Waals surface area contributed by atoms with E-state index in [9.17, 15) is 9.59 Å². The zero-order valence-corrected chi connectivity index (χ0v) is 14.1. The summed E-state index contributed by atoms with van der Waals surface area (Å²) in [6, 6.07) is 7.05. The summed E-state index contributed by atoms with van der Waals surface area (Å²) in [7, 11) is 0. The van der Waals surface area contributed by atoms with Gasteiger partial charge in [0.2, 0.25) is 0 Å². The van der Waals surface area contributed by atoms with Gasteiger partial charge in [-0.15, -0.1) is 0 Å². The molecule has 0 aliphatic heterocycles. The molecule has 4 bridgehead atoms. The summed E-state index contributed by atoms with van der Waals surface area (Å²) in [5.41, 5.74) is 2.25. The molecule has 1 aromatic carbocycles. The van der Waals surface area contributed by atoms with Crippen LogP contribution in [0.3, 0.4) is 0 Å². The largest absolute Gasteiger partial charge is 0.480 e. The highest BCUT2D eigenvalue weighted by Crippen LogP contribution is 2.60. The van der Waals surface area contributed by atoms with Crippen LogP contribution >= 0.6 is 0 Å². The van der Waals surface area contributed by atoms with Crippen molar-refractivity contribution < 1.29 is 14.7 Å². The van der Waals surface area contributed by atoms with Crippen LogP contribution in [0.15, 0.2) is 24.3 Å². The van der Waals surface area contributed by atoms with Gasteiger partial charge >= 0.3 is 5.97 Å². The first kappa shape index (κ1) is 15.7. The zero-order chi connectivity index (χ0) is 16.9. The molecule has 24 heavy (non-hydrogen) atoms. The molecular weight excluding hydrogens is 302 g/mol. The van der Waals surface area contributed by atoms with Gasteiger partial charge in [0.1, 0.15) is 6.04 Å². The predicted octanol–water partition coefficient (Wildman–Crippen LogP) is 3.36. The Balaban J connectivity index is 1.52. The minimum atomic E-state index is -1.02. The highest BCUT2D eigenvalue weighted by molar-refractivity contribution is 5.96. The number of carbonyl (C=O) groups is 2. The number of carboxylic acid groups (broad SMARTS) is 1. The molecular formula is C20H25NO3. The Morgan fingerprint density at radius 1 is 1.04 bits per heavy atom. The van der Waals surface area contributed by atoms with E-state index in [0.717, 1.165) is 17.8 Å². The van der Waals surface area contributed by atoms with E-state index in [1.54, 1.807) is 0 Å². The lowest BCUT2D eigenvalue weighted by Gasteiger charge is -2.57. The maximum atomic E-state index is 12.1. The summed E-state index contributed by atoms with van der Waals surface area (Å²) in [4.78, 5) is 23.0. The highest BCUT2D eigenvalue weighted by atomic mass is 16.4. The lowest BCUT2D eigenvalue weighted by molar-refractivity contribution is -0.138. The fraction of sp³-hybridized carbons (Fsp3) is 0.600. The van der Waals surface area contributed by atoms with Gasteiger partial charge in [-0.2, -0.15) is 0 Å². The van der Waals surface area contributed by atoms with Crippen LogP contribution in [0.2, 0.25) is 0 Å². The third-order valence-electron chi connectivity index (χ3n) is 6.52. The molecule has 0 radical (unpaired) electrons. The van der Waals surface area contributed by atoms with Crippen LogP contribution in [-0.2, 0) is 10.2 Å². The molecule has 128 valence electrons. The van der Waals surface area contributed by atoms with E-state index in [0.29, 0.717) is 11.0 Å². The van der Waals surface area contributed by atoms with Crippen LogP contribution in [0, 0.1) is 17.8 Å². The summed E-state index contributed by atoms with van der Waals surface area (Å²) < 4.78 is 0. The third kappa shape index (κ3) is 2.62. The average Bonchev–Trinajstić information content (AvgIpc) is 2.53. The standard InChI is InChI=1S/C20H25NO3/c1-12(19(23)24)21-18(22)16-2-4-17(5-3-16)20-9-13-6-14(10-20)8-15(7-13)11-20/h2-5,12-15H,6-11H2,1H3,(H,21,22)(H,23,24)/t12-,13?,14?,15?,20?/m1/s1. The number of aliphatic carboxylic acids is 1. The summed E-state index contributed by atoms with van der Waals surface area (Å²) in [6.07, 6.45) is 8.19. The van der Waals surface area contributed by atoms with E-state index in [1.165, 1.54) is 51.0 Å². The van der Waals surface area contributed by atoms with Gasteiger partial charge in [-0.1, -0.05) is 12.1 Å². The molecule has 5 rings (SSSR count). The molecule has 1 amide bonds. The van der Waals surface area contributed by atoms with Gasteiger partial charge in [0, 0.05) is 5.56 Å². The van der Waals surface area contributed by atoms with Gasteiger partial charge in [0.15, 0.2) is 0 Å². The Morgan fingerprint density at radius 2 is 1.54 bits per heavy atom. The summed E-state index contributed by atoms with van der Waals surface area (Å²) in [5.74, 6) is 1.36. The van der Waals surface area contributed by atoms with Crippen molar-refractivity contribution in [2.75, 3.05) is 0 Å². The second-order valence-electron chi connectivity index (χ2n) is 8.31. The van der Waals surface area contributed by atoms with E-state index in [2.05, 4.69) is 17.4 Å². The molecule has 0 unspecified atom stereocenters. The minimum Gasteiger partial charge on any atom is -0.480 e. The molecule has 4 aliphatic rings. The molecule has 4 saturated carbocycles. The van der Waals surface area contributed by atoms with Crippen LogP contribution in [0.25, 0.3) is 0 Å². The van der Waals surface area contributed by atoms with Crippen LogP contribution in [0.4, 0.5) is 0 Å². The zero-order valence-electron chi connectivity index (χ0n) is 14.1. The van der Waals surface area contributed by atoms with Crippen molar-refractivity contribution in [3.05, 3.63) is 35.4 Å². The number of hydrogen-bond acceptors (Lipinski definition) is 2. The summed E-state index contributed by atoms with van der Waals surface area (Å²) >= 11 is 0. The van der Waals surface area contributed by atoms with Crippen molar-refractivity contribution in [1.82, 2.24) is 5.32 Å². The van der Waals surface area contributed by atoms with Crippen molar-refractivity contribution in [2.45, 2.75) is 56.9 Å². The van der Waals surface area contributed by atoms with Crippen LogP contribution in [0.1, 0.15) is 61.4 Å². The maximum Gasteiger partial charge on any atom is 0.325 e. The number of carboxylic acids is 1. The van der Waals surface area contributed by atoms with E-state index in [4.69, 9.17) is 5.11 Å². The van der Waals surface area contributed by atoms with Gasteiger partial charge in [-0.3, -0.25) is 9.59 Å². The lowest BCUT2D eigenvalue weighted by atomic mass is 9.48. The number of hydrogen-bond donors (Lipinski definition) is 2. The Morgan fingerprint density at radius 3 is 2.00 bits per heavy atom. The Kier molecular flexibility index (Phi) is 3.66. The van der Waals surface area contributed by atoms with Gasteiger partial charge in [0.05, 0.1) is 0 Å². The highest BCUT2D eigenvalue weighted by Gasteiger charge is 2.51. The van der Waals surface area contributed by atoms with Gasteiger partial charge in [-0.25, -0.2) is 0 Å². The number of nitrogens with one attached hydrogen (secondary N) is 1. The SMILES string of the molecule is C[C@@H](NC(=O)c1ccc(C23CC4CC(CC(C4)C2)C3)cc1)C(=O)O. The quantitative estimate of drug-likeness (QED) is 0.891. The molecule has 0 spiro atoms. The van der Waals surface area contributed by atoms with Crippen molar-refractivity contribution in [1.29, 1.82) is 0 Å². The molecule has 0 saturated heterocycles. The second kappa shape index (κ2) is 5.61. The Bertz CT molecular complexity index is 629. The first-order chi connectivity index (χ1) is 11.4. The predicted molar refractivity (Wildman–Crippen MR) is 90.9 cm³/mol. The molecule has 1 aromatic rings. The fourth-order valence-corrected chi connectivity index (χ4v) is 5.78. The summed E-state index contributed by atoms with van der Waals surface area (Å²) in [6.45, 7) is 1.48. The fourth-order valence-electron chi connectivity index (χ4n) is 5.78.